The number of carboxylic acids is 1. The van der Waals surface area contributed by atoms with Gasteiger partial charge < -0.3 is 24.8 Å². The fourth-order valence-electron chi connectivity index (χ4n) is 4.81. The van der Waals surface area contributed by atoms with Gasteiger partial charge in [0.15, 0.2) is 5.60 Å². The van der Waals surface area contributed by atoms with Crippen LogP contribution in [0, 0.1) is 5.92 Å². The predicted molar refractivity (Wildman–Crippen MR) is 130 cm³/mol. The van der Waals surface area contributed by atoms with Crippen molar-refractivity contribution in [2.75, 3.05) is 32.8 Å². The summed E-state index contributed by atoms with van der Waals surface area (Å²) in [6, 6.07) is 16.4. The zero-order valence-corrected chi connectivity index (χ0v) is 20.2. The van der Waals surface area contributed by atoms with Crippen LogP contribution in [0.15, 0.2) is 48.5 Å². The summed E-state index contributed by atoms with van der Waals surface area (Å²) in [6.07, 6.45) is 0.411. The Labute approximate surface area is 205 Å². The Bertz CT molecular complexity index is 1060. The Morgan fingerprint density at radius 3 is 2.40 bits per heavy atom. The SMILES string of the molecule is CC(CCNC(=O)OCC1c2ccccc2-c2ccccc21)CC(=O)N1CCOC(C)(C(=O)O)C1. The number of carboxylic acid groups (broad SMARTS) is 1. The Kier molecular flexibility index (Phi) is 7.40. The zero-order chi connectivity index (χ0) is 25.0. The van der Waals surface area contributed by atoms with Gasteiger partial charge in [-0.05, 0) is 41.5 Å². The van der Waals surface area contributed by atoms with Crippen LogP contribution in [-0.2, 0) is 19.1 Å². The number of morpholine rings is 1. The minimum absolute atomic E-state index is 0.00899. The molecule has 1 fully saturated rings. The third kappa shape index (κ3) is 5.48. The maximum absolute atomic E-state index is 12.6. The monoisotopic (exact) mass is 480 g/mol. The van der Waals surface area contributed by atoms with Crippen molar-refractivity contribution < 1.29 is 29.0 Å². The molecular weight excluding hydrogens is 448 g/mol. The van der Waals surface area contributed by atoms with Crippen LogP contribution in [0.25, 0.3) is 11.1 Å². The molecule has 2 amide bonds. The minimum atomic E-state index is -1.37. The Morgan fingerprint density at radius 2 is 1.77 bits per heavy atom. The van der Waals surface area contributed by atoms with Crippen molar-refractivity contribution >= 4 is 18.0 Å². The van der Waals surface area contributed by atoms with Crippen LogP contribution < -0.4 is 5.32 Å². The van der Waals surface area contributed by atoms with Gasteiger partial charge in [0, 0.05) is 25.4 Å². The maximum atomic E-state index is 12.6. The summed E-state index contributed by atoms with van der Waals surface area (Å²) >= 11 is 0. The predicted octanol–water partition coefficient (Wildman–Crippen LogP) is 3.64. The van der Waals surface area contributed by atoms with E-state index in [0.29, 0.717) is 19.5 Å². The van der Waals surface area contributed by atoms with Gasteiger partial charge in [0.25, 0.3) is 0 Å². The summed E-state index contributed by atoms with van der Waals surface area (Å²) in [5.74, 6) is -1.14. The third-order valence-electron chi connectivity index (χ3n) is 6.85. The number of hydrogen-bond donors (Lipinski definition) is 2. The lowest BCUT2D eigenvalue weighted by molar-refractivity contribution is -0.177. The van der Waals surface area contributed by atoms with E-state index in [2.05, 4.69) is 29.6 Å². The second kappa shape index (κ2) is 10.5. The van der Waals surface area contributed by atoms with Crippen molar-refractivity contribution in [1.29, 1.82) is 0 Å². The highest BCUT2D eigenvalue weighted by Crippen LogP contribution is 2.44. The van der Waals surface area contributed by atoms with Crippen molar-refractivity contribution in [2.24, 2.45) is 5.92 Å². The van der Waals surface area contributed by atoms with Gasteiger partial charge >= 0.3 is 12.1 Å². The number of rotatable bonds is 8. The fraction of sp³-hybridized carbons (Fsp3) is 0.444. The Balaban J connectivity index is 1.21. The van der Waals surface area contributed by atoms with E-state index in [0.717, 1.165) is 11.1 Å². The molecule has 0 spiro atoms. The molecule has 186 valence electrons. The average Bonchev–Trinajstić information content (AvgIpc) is 3.16. The van der Waals surface area contributed by atoms with E-state index >= 15 is 0 Å². The molecule has 0 radical (unpaired) electrons. The normalized spacial score (nSPS) is 20.0. The molecule has 4 rings (SSSR count). The van der Waals surface area contributed by atoms with Gasteiger partial charge in [0.1, 0.15) is 6.61 Å². The minimum Gasteiger partial charge on any atom is -0.479 e. The molecule has 1 heterocycles. The molecule has 0 bridgehead atoms. The summed E-state index contributed by atoms with van der Waals surface area (Å²) in [5, 5.41) is 12.1. The van der Waals surface area contributed by atoms with E-state index in [1.165, 1.54) is 18.1 Å². The second-order valence-electron chi connectivity index (χ2n) is 9.55. The lowest BCUT2D eigenvalue weighted by Gasteiger charge is -2.38. The lowest BCUT2D eigenvalue weighted by Crippen LogP contribution is -2.56. The summed E-state index contributed by atoms with van der Waals surface area (Å²) in [6.45, 7) is 4.68. The first-order valence-corrected chi connectivity index (χ1v) is 12.0. The molecule has 2 aromatic carbocycles. The maximum Gasteiger partial charge on any atom is 0.407 e. The summed E-state index contributed by atoms with van der Waals surface area (Å²) < 4.78 is 10.9. The molecule has 2 aromatic rings. The van der Waals surface area contributed by atoms with Crippen LogP contribution in [0.4, 0.5) is 4.79 Å². The molecule has 1 aliphatic heterocycles. The number of aliphatic carboxylic acids is 1. The van der Waals surface area contributed by atoms with Gasteiger partial charge in [-0.3, -0.25) is 4.79 Å². The van der Waals surface area contributed by atoms with Crippen molar-refractivity contribution in [3.8, 4) is 11.1 Å². The number of nitrogens with zero attached hydrogens (tertiary/aromatic N) is 1. The van der Waals surface area contributed by atoms with Gasteiger partial charge in [-0.2, -0.15) is 0 Å². The molecule has 2 unspecified atom stereocenters. The standard InChI is InChI=1S/C27H32N2O6/c1-18(15-24(30)29-13-14-35-27(2,17-29)25(31)32)11-12-28-26(33)34-16-23-21-9-5-3-7-19(21)20-8-4-6-10-22(20)23/h3-10,18,23H,11-17H2,1-2H3,(H,28,33)(H,31,32). The highest BCUT2D eigenvalue weighted by atomic mass is 16.5. The van der Waals surface area contributed by atoms with E-state index < -0.39 is 17.7 Å². The van der Waals surface area contributed by atoms with Crippen molar-refractivity contribution in [3.63, 3.8) is 0 Å². The van der Waals surface area contributed by atoms with Crippen LogP contribution in [0.1, 0.15) is 43.7 Å². The number of nitrogens with one attached hydrogen (secondary N) is 1. The molecule has 0 saturated carbocycles. The summed E-state index contributed by atoms with van der Waals surface area (Å²) in [7, 11) is 0. The number of carbonyl (C=O) groups is 3. The zero-order valence-electron chi connectivity index (χ0n) is 20.2. The van der Waals surface area contributed by atoms with E-state index in [-0.39, 0.29) is 43.9 Å². The van der Waals surface area contributed by atoms with Crippen molar-refractivity contribution in [3.05, 3.63) is 59.7 Å². The first kappa shape index (κ1) is 24.7. The van der Waals surface area contributed by atoms with Crippen LogP contribution in [-0.4, -0.2) is 66.4 Å². The van der Waals surface area contributed by atoms with E-state index in [1.54, 1.807) is 4.90 Å². The molecule has 8 nitrogen and oxygen atoms in total. The molecule has 8 heteroatoms. The molecule has 2 aliphatic rings. The molecule has 0 aromatic heterocycles. The van der Waals surface area contributed by atoms with Gasteiger partial charge in [0.05, 0.1) is 13.2 Å². The van der Waals surface area contributed by atoms with Gasteiger partial charge in [-0.25, -0.2) is 9.59 Å². The van der Waals surface area contributed by atoms with Crippen molar-refractivity contribution in [1.82, 2.24) is 10.2 Å². The van der Waals surface area contributed by atoms with E-state index in [1.807, 2.05) is 31.2 Å². The highest BCUT2D eigenvalue weighted by Gasteiger charge is 2.40. The average molecular weight is 481 g/mol. The quantitative estimate of drug-likeness (QED) is 0.598. The smallest absolute Gasteiger partial charge is 0.407 e. The van der Waals surface area contributed by atoms with Crippen LogP contribution in [0.3, 0.4) is 0 Å². The summed E-state index contributed by atoms with van der Waals surface area (Å²) in [5.41, 5.74) is 3.31. The number of alkyl carbamates (subject to hydrolysis) is 1. The number of hydrogen-bond acceptors (Lipinski definition) is 5. The molecule has 1 saturated heterocycles. The lowest BCUT2D eigenvalue weighted by atomic mass is 9.98. The Hall–Kier alpha value is -3.39. The van der Waals surface area contributed by atoms with E-state index in [9.17, 15) is 19.5 Å². The first-order valence-electron chi connectivity index (χ1n) is 12.0. The number of fused-ring (bicyclic) bond motifs is 3. The third-order valence-corrected chi connectivity index (χ3v) is 6.85. The Morgan fingerprint density at radius 1 is 1.14 bits per heavy atom. The fourth-order valence-corrected chi connectivity index (χ4v) is 4.81. The van der Waals surface area contributed by atoms with Crippen LogP contribution >= 0.6 is 0 Å². The van der Waals surface area contributed by atoms with Crippen LogP contribution in [0.5, 0.6) is 0 Å². The largest absolute Gasteiger partial charge is 0.479 e. The van der Waals surface area contributed by atoms with Gasteiger partial charge in [0.2, 0.25) is 5.91 Å². The summed E-state index contributed by atoms with van der Waals surface area (Å²) in [4.78, 5) is 37.9. The number of carbonyl (C=O) groups excluding carboxylic acids is 2. The van der Waals surface area contributed by atoms with Crippen LogP contribution in [0.2, 0.25) is 0 Å². The molecule has 2 N–H and O–H groups in total. The first-order chi connectivity index (χ1) is 16.8. The molecular formula is C27H32N2O6. The number of ether oxygens (including phenoxy) is 2. The van der Waals surface area contributed by atoms with Crippen molar-refractivity contribution in [2.45, 2.75) is 38.2 Å². The molecule has 35 heavy (non-hydrogen) atoms. The molecule has 1 aliphatic carbocycles. The molecule has 2 atom stereocenters. The van der Waals surface area contributed by atoms with Gasteiger partial charge in [-0.1, -0.05) is 55.5 Å². The van der Waals surface area contributed by atoms with Gasteiger partial charge in [-0.15, -0.1) is 0 Å². The topological polar surface area (TPSA) is 105 Å². The van der Waals surface area contributed by atoms with E-state index in [4.69, 9.17) is 9.47 Å². The highest BCUT2D eigenvalue weighted by molar-refractivity contribution is 5.81. The number of benzene rings is 2. The second-order valence-corrected chi connectivity index (χ2v) is 9.55. The number of amides is 2.